The number of piperidine rings is 1. The second kappa shape index (κ2) is 14.9. The van der Waals surface area contributed by atoms with E-state index in [9.17, 15) is 4.57 Å². The van der Waals surface area contributed by atoms with Gasteiger partial charge < -0.3 is 29.7 Å². The van der Waals surface area contributed by atoms with Crippen molar-refractivity contribution >= 4 is 57.2 Å². The highest BCUT2D eigenvalue weighted by Gasteiger charge is 2.28. The maximum atomic E-state index is 13.4. The summed E-state index contributed by atoms with van der Waals surface area (Å²) < 4.78 is 20.0. The van der Waals surface area contributed by atoms with Crippen LogP contribution in [-0.4, -0.2) is 103 Å². The highest BCUT2D eigenvalue weighted by atomic mass is 79.9. The van der Waals surface area contributed by atoms with Gasteiger partial charge in [0, 0.05) is 86.5 Å². The van der Waals surface area contributed by atoms with Crippen molar-refractivity contribution in [2.24, 2.45) is 0 Å². The van der Waals surface area contributed by atoms with Crippen LogP contribution in [0.2, 0.25) is 0 Å². The maximum Gasteiger partial charge on any atom is 0.229 e. The number of rotatable bonds is 10. The van der Waals surface area contributed by atoms with Gasteiger partial charge in [0.1, 0.15) is 18.7 Å². The van der Waals surface area contributed by atoms with Crippen molar-refractivity contribution in [1.82, 2.24) is 29.7 Å². The number of anilines is 5. The molecule has 0 unspecified atom stereocenters. The molecule has 2 N–H and O–H groups in total. The molecule has 4 heterocycles. The summed E-state index contributed by atoms with van der Waals surface area (Å²) in [4.78, 5) is 25.6. The number of halogens is 1. The first-order chi connectivity index (χ1) is 23.1. The molecule has 2 aromatic carbocycles. The second-order valence-electron chi connectivity index (χ2n) is 12.9. The molecule has 2 aliphatic rings. The Hall–Kier alpha value is -3.57. The Balaban J connectivity index is 1.21. The summed E-state index contributed by atoms with van der Waals surface area (Å²) in [7, 11) is 1.23. The summed E-state index contributed by atoms with van der Waals surface area (Å²) in [5.74, 6) is 1.70. The Kier molecular flexibility index (Phi) is 10.6. The number of hydrogen-bond donors (Lipinski definition) is 2. The number of benzene rings is 2. The molecule has 2 aliphatic heterocycles. The number of nitrogens with zero attached hydrogens (tertiary/aromatic N) is 7. The van der Waals surface area contributed by atoms with Crippen LogP contribution in [0.25, 0.3) is 11.3 Å². The van der Waals surface area contributed by atoms with Crippen LogP contribution in [0.1, 0.15) is 25.3 Å². The first-order valence-electron chi connectivity index (χ1n) is 16.5. The SMILES string of the molecule is CCc1cc(Nc2ncc(Br)c(Nc3ccc(-c4cnccn4)cc3P(C)(C)=O)n2)c(OC)cc1N1CCC(N2CCN(C)CC2)CC1. The summed E-state index contributed by atoms with van der Waals surface area (Å²) in [6.07, 6.45) is 9.92. The van der Waals surface area contributed by atoms with Crippen molar-refractivity contribution in [3.63, 3.8) is 0 Å². The van der Waals surface area contributed by atoms with Gasteiger partial charge in [0.2, 0.25) is 5.95 Å². The largest absolute Gasteiger partial charge is 0.494 e. The third-order valence-corrected chi connectivity index (χ3v) is 11.4. The normalized spacial score (nSPS) is 16.6. The van der Waals surface area contributed by atoms with E-state index in [1.807, 2.05) is 18.2 Å². The molecule has 6 rings (SSSR count). The zero-order valence-corrected chi connectivity index (χ0v) is 30.9. The zero-order valence-electron chi connectivity index (χ0n) is 28.4. The summed E-state index contributed by atoms with van der Waals surface area (Å²) >= 11 is 3.60. The minimum atomic E-state index is -2.68. The van der Waals surface area contributed by atoms with Crippen molar-refractivity contribution in [3.05, 3.63) is 65.2 Å². The number of aryl methyl sites for hydroxylation is 1. The Bertz CT molecular complexity index is 1770. The summed E-state index contributed by atoms with van der Waals surface area (Å²) in [6, 6.07) is 10.7. The number of ether oxygens (including phenoxy) is 1. The Labute approximate surface area is 292 Å². The van der Waals surface area contributed by atoms with E-state index >= 15 is 0 Å². The Morgan fingerprint density at radius 1 is 0.958 bits per heavy atom. The quantitative estimate of drug-likeness (QED) is 0.181. The molecule has 11 nitrogen and oxygen atoms in total. The number of likely N-dealkylation sites (N-methyl/N-ethyl adjacent to an activating group) is 1. The number of aromatic nitrogens is 4. The van der Waals surface area contributed by atoms with Crippen LogP contribution < -0.4 is 25.6 Å². The molecule has 2 fully saturated rings. The molecule has 254 valence electrons. The van der Waals surface area contributed by atoms with Crippen LogP contribution in [0, 0.1) is 0 Å². The maximum absolute atomic E-state index is 13.4. The smallest absolute Gasteiger partial charge is 0.229 e. The molecule has 2 aromatic heterocycles. The Morgan fingerprint density at radius 2 is 1.73 bits per heavy atom. The van der Waals surface area contributed by atoms with Crippen LogP contribution in [0.4, 0.5) is 28.8 Å². The first-order valence-corrected chi connectivity index (χ1v) is 19.9. The van der Waals surface area contributed by atoms with Crippen LogP contribution in [0.15, 0.2) is 59.6 Å². The summed E-state index contributed by atoms with van der Waals surface area (Å²) in [5.41, 5.74) is 5.55. The lowest BCUT2D eigenvalue weighted by Gasteiger charge is -2.43. The van der Waals surface area contributed by atoms with E-state index in [2.05, 4.69) is 82.3 Å². The molecule has 4 aromatic rings. The molecule has 0 radical (unpaired) electrons. The highest BCUT2D eigenvalue weighted by Crippen LogP contribution is 2.41. The molecule has 0 saturated carbocycles. The molecule has 0 spiro atoms. The van der Waals surface area contributed by atoms with Crippen LogP contribution >= 0.6 is 23.1 Å². The second-order valence-corrected chi connectivity index (χ2v) is 16.9. The molecule has 48 heavy (non-hydrogen) atoms. The van der Waals surface area contributed by atoms with E-state index in [1.54, 1.807) is 45.2 Å². The summed E-state index contributed by atoms with van der Waals surface area (Å²) in [6.45, 7) is 12.4. The minimum Gasteiger partial charge on any atom is -0.494 e. The average Bonchev–Trinajstić information content (AvgIpc) is 3.10. The Morgan fingerprint density at radius 3 is 2.40 bits per heavy atom. The summed E-state index contributed by atoms with van der Waals surface area (Å²) in [5, 5.41) is 7.50. The fourth-order valence-electron chi connectivity index (χ4n) is 6.57. The van der Waals surface area contributed by atoms with Gasteiger partial charge in [0.25, 0.3) is 0 Å². The number of nitrogens with one attached hydrogen (secondary N) is 2. The van der Waals surface area contributed by atoms with E-state index in [4.69, 9.17) is 9.72 Å². The molecule has 0 amide bonds. The van der Waals surface area contributed by atoms with Crippen molar-refractivity contribution in [2.75, 3.05) is 82.3 Å². The van der Waals surface area contributed by atoms with E-state index in [0.29, 0.717) is 33.3 Å². The third kappa shape index (κ3) is 7.83. The molecular formula is C35H45BrN9O2P. The fourth-order valence-corrected chi connectivity index (χ4v) is 8.02. The minimum absolute atomic E-state index is 0.413. The van der Waals surface area contributed by atoms with Gasteiger partial charge in [0.05, 0.1) is 34.8 Å². The van der Waals surface area contributed by atoms with Gasteiger partial charge in [0.15, 0.2) is 0 Å². The number of methoxy groups -OCH3 is 1. The van der Waals surface area contributed by atoms with Gasteiger partial charge in [-0.1, -0.05) is 13.0 Å². The van der Waals surface area contributed by atoms with E-state index in [0.717, 1.165) is 55.3 Å². The van der Waals surface area contributed by atoms with Crippen LogP contribution in [-0.2, 0) is 11.0 Å². The molecule has 13 heteroatoms. The monoisotopic (exact) mass is 733 g/mol. The fraction of sp³-hybridized carbons (Fsp3) is 0.429. The lowest BCUT2D eigenvalue weighted by atomic mass is 9.99. The molecule has 0 bridgehead atoms. The van der Waals surface area contributed by atoms with E-state index < -0.39 is 7.14 Å². The van der Waals surface area contributed by atoms with Gasteiger partial charge in [-0.15, -0.1) is 0 Å². The predicted octanol–water partition coefficient (Wildman–Crippen LogP) is 6.22. The van der Waals surface area contributed by atoms with Crippen LogP contribution in [0.5, 0.6) is 5.75 Å². The van der Waals surface area contributed by atoms with Gasteiger partial charge in [-0.3, -0.25) is 14.9 Å². The van der Waals surface area contributed by atoms with Crippen molar-refractivity contribution in [3.8, 4) is 17.0 Å². The van der Waals surface area contributed by atoms with Gasteiger partial charge in [-0.05, 0) is 79.3 Å². The first kappa shape index (κ1) is 34.3. The van der Waals surface area contributed by atoms with Gasteiger partial charge >= 0.3 is 0 Å². The average molecular weight is 735 g/mol. The lowest BCUT2D eigenvalue weighted by Crippen LogP contribution is -2.52. The van der Waals surface area contributed by atoms with Gasteiger partial charge in [-0.2, -0.15) is 4.98 Å². The number of hydrogen-bond acceptors (Lipinski definition) is 11. The van der Waals surface area contributed by atoms with Crippen molar-refractivity contribution in [2.45, 2.75) is 32.2 Å². The van der Waals surface area contributed by atoms with E-state index in [1.165, 1.54) is 37.2 Å². The van der Waals surface area contributed by atoms with Crippen molar-refractivity contribution in [1.29, 1.82) is 0 Å². The molecule has 0 atom stereocenters. The molecular weight excluding hydrogens is 689 g/mol. The molecule has 0 aliphatic carbocycles. The van der Waals surface area contributed by atoms with Crippen molar-refractivity contribution < 1.29 is 9.30 Å². The zero-order chi connectivity index (χ0) is 33.8. The van der Waals surface area contributed by atoms with Crippen LogP contribution in [0.3, 0.4) is 0 Å². The predicted molar refractivity (Wildman–Crippen MR) is 200 cm³/mol. The topological polar surface area (TPSA) is 112 Å². The third-order valence-electron chi connectivity index (χ3n) is 9.32. The molecule has 2 saturated heterocycles. The standard InChI is InChI=1S/C35H45BrN9O2P/c1-6-24-19-29(32(47-3)21-31(24)45-13-9-26(10-14-45)44-17-15-43(2)16-18-44)41-35-39-22-27(36)34(42-35)40-28-8-7-25(20-33(28)48(4,5)46)30-23-37-11-12-38-30/h7-8,11-12,19-23,26H,6,9-10,13-18H2,1-5H3,(H2,39,40,41,42). The van der Waals surface area contributed by atoms with E-state index in [-0.39, 0.29) is 0 Å². The highest BCUT2D eigenvalue weighted by molar-refractivity contribution is 9.10. The number of piperazine rings is 1. The lowest BCUT2D eigenvalue weighted by molar-refractivity contribution is 0.0982. The van der Waals surface area contributed by atoms with Gasteiger partial charge in [-0.25, -0.2) is 4.98 Å².